The molecule has 1 heterocycles. The van der Waals surface area contributed by atoms with Crippen LogP contribution in [0.25, 0.3) is 10.9 Å². The maximum absolute atomic E-state index is 12.0. The summed E-state index contributed by atoms with van der Waals surface area (Å²) in [6.45, 7) is 5.49. The van der Waals surface area contributed by atoms with Gasteiger partial charge in [-0.25, -0.2) is 4.79 Å². The molecule has 0 unspecified atom stereocenters. The van der Waals surface area contributed by atoms with E-state index in [4.69, 9.17) is 9.47 Å². The van der Waals surface area contributed by atoms with Gasteiger partial charge in [0.15, 0.2) is 0 Å². The van der Waals surface area contributed by atoms with Crippen molar-refractivity contribution < 1.29 is 24.5 Å². The van der Waals surface area contributed by atoms with Gasteiger partial charge in [-0.2, -0.15) is 0 Å². The van der Waals surface area contributed by atoms with Crippen molar-refractivity contribution in [2.24, 2.45) is 5.92 Å². The molecule has 1 fully saturated rings. The summed E-state index contributed by atoms with van der Waals surface area (Å²) in [5.41, 5.74) is 0.767. The molecule has 0 bridgehead atoms. The Bertz CT molecular complexity index is 872. The molecule has 0 radical (unpaired) electrons. The number of aromatic nitrogens is 1. The van der Waals surface area contributed by atoms with Crippen LogP contribution in [0.3, 0.4) is 0 Å². The molecule has 1 aromatic heterocycles. The molecule has 0 saturated heterocycles. The first-order valence-electron chi connectivity index (χ1n) is 10.5. The van der Waals surface area contributed by atoms with Gasteiger partial charge in [-0.1, -0.05) is 6.07 Å². The van der Waals surface area contributed by atoms with E-state index in [2.05, 4.69) is 10.3 Å². The number of carbonyl (C=O) groups is 1. The van der Waals surface area contributed by atoms with Crippen LogP contribution >= 0.6 is 0 Å². The maximum atomic E-state index is 12.0. The van der Waals surface area contributed by atoms with Crippen LogP contribution in [-0.2, 0) is 4.74 Å². The lowest BCUT2D eigenvalue weighted by molar-refractivity contribution is -0.0312. The first kappa shape index (κ1) is 22.3. The summed E-state index contributed by atoms with van der Waals surface area (Å²) < 4.78 is 10.8. The minimum atomic E-state index is -1.09. The number of hydrogen-bond donors (Lipinski definition) is 3. The van der Waals surface area contributed by atoms with Crippen molar-refractivity contribution >= 4 is 17.0 Å². The number of alkyl carbamates (subject to hydrolysis) is 1. The number of pyridine rings is 1. The molecule has 164 valence electrons. The number of aliphatic hydroxyl groups excluding tert-OH is 2. The summed E-state index contributed by atoms with van der Waals surface area (Å²) in [6.07, 6.45) is 2.10. The molecule has 0 spiro atoms. The van der Waals surface area contributed by atoms with Gasteiger partial charge in [0.05, 0.1) is 18.7 Å². The number of ether oxygens (including phenoxy) is 2. The predicted molar refractivity (Wildman–Crippen MR) is 114 cm³/mol. The van der Waals surface area contributed by atoms with E-state index in [9.17, 15) is 15.0 Å². The fourth-order valence-electron chi connectivity index (χ4n) is 4.15. The first-order valence-corrected chi connectivity index (χ1v) is 10.5. The topological polar surface area (TPSA) is 101 Å². The van der Waals surface area contributed by atoms with Crippen molar-refractivity contribution in [3.05, 3.63) is 36.0 Å². The van der Waals surface area contributed by atoms with Gasteiger partial charge >= 0.3 is 6.09 Å². The van der Waals surface area contributed by atoms with Gasteiger partial charge in [0.1, 0.15) is 17.5 Å². The second-order valence-electron chi connectivity index (χ2n) is 8.94. The maximum Gasteiger partial charge on any atom is 0.407 e. The lowest BCUT2D eigenvalue weighted by atomic mass is 9.79. The van der Waals surface area contributed by atoms with Crippen molar-refractivity contribution in [3.8, 4) is 5.75 Å². The third-order valence-electron chi connectivity index (χ3n) is 5.60. The molecular formula is C23H32N2O5. The van der Waals surface area contributed by atoms with E-state index in [1.165, 1.54) is 0 Å². The van der Waals surface area contributed by atoms with E-state index in [0.29, 0.717) is 24.2 Å². The Morgan fingerprint density at radius 1 is 1.17 bits per heavy atom. The molecule has 2 atom stereocenters. The lowest BCUT2D eigenvalue weighted by Crippen LogP contribution is -2.42. The molecule has 3 rings (SSSR count). The van der Waals surface area contributed by atoms with Gasteiger partial charge in [0.25, 0.3) is 0 Å². The highest BCUT2D eigenvalue weighted by molar-refractivity contribution is 5.85. The number of carbonyl (C=O) groups excluding carboxylic acids is 1. The molecule has 1 aliphatic carbocycles. The van der Waals surface area contributed by atoms with Crippen LogP contribution in [0.2, 0.25) is 0 Å². The van der Waals surface area contributed by atoms with E-state index < -0.39 is 23.9 Å². The number of methoxy groups -OCH3 is 1. The van der Waals surface area contributed by atoms with E-state index in [0.717, 1.165) is 23.7 Å². The second kappa shape index (κ2) is 9.18. The van der Waals surface area contributed by atoms with Crippen molar-refractivity contribution in [1.29, 1.82) is 0 Å². The number of benzene rings is 1. The highest BCUT2D eigenvalue weighted by Crippen LogP contribution is 2.38. The van der Waals surface area contributed by atoms with Gasteiger partial charge in [-0.05, 0) is 70.6 Å². The molecule has 3 N–H and O–H groups in total. The van der Waals surface area contributed by atoms with E-state index in [1.54, 1.807) is 25.4 Å². The number of nitrogens with one attached hydrogen (secondary N) is 1. The molecule has 7 nitrogen and oxygen atoms in total. The Morgan fingerprint density at radius 3 is 2.50 bits per heavy atom. The molecule has 1 saturated carbocycles. The van der Waals surface area contributed by atoms with Crippen LogP contribution < -0.4 is 10.1 Å². The average molecular weight is 417 g/mol. The third-order valence-corrected chi connectivity index (χ3v) is 5.60. The van der Waals surface area contributed by atoms with Crippen LogP contribution in [0.1, 0.15) is 58.1 Å². The highest BCUT2D eigenvalue weighted by atomic mass is 16.6. The Labute approximate surface area is 177 Å². The van der Waals surface area contributed by atoms with Gasteiger partial charge in [0.2, 0.25) is 0 Å². The van der Waals surface area contributed by atoms with E-state index in [-0.39, 0.29) is 12.0 Å². The fourth-order valence-corrected chi connectivity index (χ4v) is 4.15. The van der Waals surface area contributed by atoms with Gasteiger partial charge < -0.3 is 25.0 Å². The molecule has 30 heavy (non-hydrogen) atoms. The molecule has 1 aromatic carbocycles. The van der Waals surface area contributed by atoms with Gasteiger partial charge in [-0.15, -0.1) is 0 Å². The minimum absolute atomic E-state index is 0.0109. The molecule has 1 aliphatic rings. The number of fused-ring (bicyclic) bond motifs is 1. The molecule has 0 aliphatic heterocycles. The molecule has 7 heteroatoms. The van der Waals surface area contributed by atoms with E-state index >= 15 is 0 Å². The first-order chi connectivity index (χ1) is 14.2. The molecular weight excluding hydrogens is 384 g/mol. The number of amides is 1. The fraction of sp³-hybridized carbons (Fsp3) is 0.565. The summed E-state index contributed by atoms with van der Waals surface area (Å²) >= 11 is 0. The Kier molecular flexibility index (Phi) is 6.83. The van der Waals surface area contributed by atoms with Crippen molar-refractivity contribution in [1.82, 2.24) is 10.3 Å². The number of aliphatic hydroxyl groups is 2. The summed E-state index contributed by atoms with van der Waals surface area (Å²) in [6, 6.07) is 7.29. The Morgan fingerprint density at radius 2 is 1.87 bits per heavy atom. The lowest BCUT2D eigenvalue weighted by Gasteiger charge is -2.34. The van der Waals surface area contributed by atoms with Crippen LogP contribution in [0.4, 0.5) is 4.79 Å². The zero-order valence-electron chi connectivity index (χ0n) is 18.1. The van der Waals surface area contributed by atoms with Gasteiger partial charge in [-0.3, -0.25) is 4.98 Å². The smallest absolute Gasteiger partial charge is 0.407 e. The SMILES string of the molecule is COc1ccc2ncccc2c1[C@@H](O)[C@H](O)[C@H]1CC[C@H](NC(=O)OC(C)(C)C)CC1. The standard InChI is InChI=1S/C23H32N2O5/c1-23(2,3)30-22(28)25-15-9-7-14(8-10-15)20(26)21(27)19-16-6-5-13-24-17(16)11-12-18(19)29-4/h5-6,11-15,20-21,26-27H,7-10H2,1-4H3,(H,25,28)/t14-,15-,20-,21-/m1/s1. The number of hydrogen-bond acceptors (Lipinski definition) is 6. The third kappa shape index (κ3) is 5.21. The van der Waals surface area contributed by atoms with E-state index in [1.807, 2.05) is 32.9 Å². The van der Waals surface area contributed by atoms with Crippen LogP contribution in [0.15, 0.2) is 30.5 Å². The zero-order chi connectivity index (χ0) is 21.9. The van der Waals surface area contributed by atoms with Crippen molar-refractivity contribution in [2.75, 3.05) is 7.11 Å². The summed E-state index contributed by atoms with van der Waals surface area (Å²) in [5.74, 6) is 0.454. The Balaban J connectivity index is 1.66. The predicted octanol–water partition coefficient (Wildman–Crippen LogP) is 3.72. The molecule has 1 amide bonds. The second-order valence-corrected chi connectivity index (χ2v) is 8.94. The minimum Gasteiger partial charge on any atom is -0.496 e. The largest absolute Gasteiger partial charge is 0.496 e. The van der Waals surface area contributed by atoms with Crippen molar-refractivity contribution in [2.45, 2.75) is 70.3 Å². The monoisotopic (exact) mass is 416 g/mol. The summed E-state index contributed by atoms with van der Waals surface area (Å²) in [4.78, 5) is 16.3. The van der Waals surface area contributed by atoms with Crippen molar-refractivity contribution in [3.63, 3.8) is 0 Å². The number of rotatable bonds is 5. The van der Waals surface area contributed by atoms with Crippen LogP contribution in [0.5, 0.6) is 5.75 Å². The summed E-state index contributed by atoms with van der Waals surface area (Å²) in [7, 11) is 1.55. The quantitative estimate of drug-likeness (QED) is 0.687. The highest BCUT2D eigenvalue weighted by Gasteiger charge is 2.34. The normalized spacial score (nSPS) is 21.7. The van der Waals surface area contributed by atoms with Gasteiger partial charge in [0, 0.05) is 23.2 Å². The average Bonchev–Trinajstić information content (AvgIpc) is 2.71. The Hall–Kier alpha value is -2.38. The zero-order valence-corrected chi connectivity index (χ0v) is 18.1. The van der Waals surface area contributed by atoms with Crippen LogP contribution in [-0.4, -0.2) is 46.1 Å². The molecule has 2 aromatic rings. The van der Waals surface area contributed by atoms with Crippen LogP contribution in [0, 0.1) is 5.92 Å². The summed E-state index contributed by atoms with van der Waals surface area (Å²) in [5, 5.41) is 25.7. The number of nitrogens with zero attached hydrogens (tertiary/aromatic N) is 1.